The second kappa shape index (κ2) is 5.02. The van der Waals surface area contributed by atoms with Crippen molar-refractivity contribution in [2.75, 3.05) is 11.1 Å². The van der Waals surface area contributed by atoms with E-state index >= 15 is 0 Å². The molecule has 2 saturated heterocycles. The van der Waals surface area contributed by atoms with Gasteiger partial charge >= 0.3 is 0 Å². The zero-order valence-corrected chi connectivity index (χ0v) is 12.8. The third-order valence-electron chi connectivity index (χ3n) is 4.13. The van der Waals surface area contributed by atoms with Gasteiger partial charge in [-0.3, -0.25) is 9.59 Å². The Bertz CT molecular complexity index is 622. The lowest BCUT2D eigenvalue weighted by atomic mass is 10.2. The number of nitrogens with zero attached hydrogens (tertiary/aromatic N) is 1. The van der Waals surface area contributed by atoms with E-state index in [1.54, 1.807) is 35.7 Å². The minimum atomic E-state index is -0.518. The van der Waals surface area contributed by atoms with Gasteiger partial charge in [0.1, 0.15) is 11.9 Å². The van der Waals surface area contributed by atoms with E-state index in [1.165, 1.54) is 6.07 Å². The molecule has 0 bridgehead atoms. The molecule has 4 nitrogen and oxygen atoms in total. The van der Waals surface area contributed by atoms with E-state index in [9.17, 15) is 14.0 Å². The van der Waals surface area contributed by atoms with Gasteiger partial charge in [0, 0.05) is 12.2 Å². The molecule has 0 aliphatic carbocycles. The smallest absolute Gasteiger partial charge is 0.248 e. The van der Waals surface area contributed by atoms with Crippen molar-refractivity contribution < 1.29 is 14.0 Å². The topological polar surface area (TPSA) is 49.4 Å². The molecule has 0 spiro atoms. The van der Waals surface area contributed by atoms with E-state index < -0.39 is 11.9 Å². The van der Waals surface area contributed by atoms with Crippen molar-refractivity contribution in [3.63, 3.8) is 0 Å². The third kappa shape index (κ3) is 2.41. The maximum Gasteiger partial charge on any atom is 0.248 e. The van der Waals surface area contributed by atoms with Crippen molar-refractivity contribution in [3.05, 3.63) is 29.6 Å². The highest BCUT2D eigenvalue weighted by molar-refractivity contribution is 8.01. The Labute approximate surface area is 127 Å². The molecule has 6 heteroatoms. The van der Waals surface area contributed by atoms with E-state index in [0.717, 1.165) is 12.0 Å². The van der Waals surface area contributed by atoms with Crippen molar-refractivity contribution in [1.82, 2.24) is 4.90 Å². The van der Waals surface area contributed by atoms with Crippen LogP contribution >= 0.6 is 11.8 Å². The minimum Gasteiger partial charge on any atom is -0.322 e. The fraction of sp³-hybridized carbons (Fsp3) is 0.467. The van der Waals surface area contributed by atoms with Gasteiger partial charge in [0.05, 0.1) is 10.6 Å². The highest BCUT2D eigenvalue weighted by Crippen LogP contribution is 2.47. The van der Waals surface area contributed by atoms with Crippen LogP contribution in [0.1, 0.15) is 25.3 Å². The normalized spacial score (nSPS) is 27.9. The first-order valence-corrected chi connectivity index (χ1v) is 7.92. The van der Waals surface area contributed by atoms with Crippen LogP contribution in [0.25, 0.3) is 0 Å². The lowest BCUT2D eigenvalue weighted by Gasteiger charge is -2.29. The Balaban J connectivity index is 1.78. The van der Waals surface area contributed by atoms with Gasteiger partial charge in [-0.25, -0.2) is 4.39 Å². The second-order valence-electron chi connectivity index (χ2n) is 5.74. The van der Waals surface area contributed by atoms with Gasteiger partial charge in [0.25, 0.3) is 0 Å². The molecule has 2 aliphatic rings. The molecular formula is C15H17FN2O2S. The predicted molar refractivity (Wildman–Crippen MR) is 80.5 cm³/mol. The van der Waals surface area contributed by atoms with Gasteiger partial charge in [-0.2, -0.15) is 0 Å². The number of thioether (sulfide) groups is 1. The molecule has 2 heterocycles. The van der Waals surface area contributed by atoms with Crippen LogP contribution in [-0.4, -0.2) is 33.4 Å². The average Bonchev–Trinajstić information content (AvgIpc) is 2.90. The molecule has 0 radical (unpaired) electrons. The Morgan fingerprint density at radius 3 is 3.00 bits per heavy atom. The van der Waals surface area contributed by atoms with E-state index in [0.29, 0.717) is 12.2 Å². The fourth-order valence-electron chi connectivity index (χ4n) is 2.95. The second-order valence-corrected chi connectivity index (χ2v) is 7.24. The van der Waals surface area contributed by atoms with Gasteiger partial charge in [-0.05, 0) is 38.0 Å². The highest BCUT2D eigenvalue weighted by atomic mass is 32.2. The molecule has 1 aromatic rings. The predicted octanol–water partition coefficient (Wildman–Crippen LogP) is 2.53. The summed E-state index contributed by atoms with van der Waals surface area (Å²) in [7, 11) is 0. The zero-order valence-electron chi connectivity index (χ0n) is 12.0. The number of anilines is 1. The first kappa shape index (κ1) is 14.4. The molecular weight excluding hydrogens is 291 g/mol. The van der Waals surface area contributed by atoms with Crippen LogP contribution in [0.5, 0.6) is 0 Å². The van der Waals surface area contributed by atoms with Gasteiger partial charge in [0.15, 0.2) is 0 Å². The van der Waals surface area contributed by atoms with Crippen LogP contribution in [-0.2, 0) is 9.59 Å². The molecule has 0 aromatic heterocycles. The first-order valence-electron chi connectivity index (χ1n) is 6.94. The summed E-state index contributed by atoms with van der Waals surface area (Å²) in [5, 5.41) is 2.61. The highest BCUT2D eigenvalue weighted by Gasteiger charge is 2.52. The van der Waals surface area contributed by atoms with Crippen LogP contribution in [0.3, 0.4) is 0 Å². The van der Waals surface area contributed by atoms with Crippen molar-refractivity contribution in [1.29, 1.82) is 0 Å². The summed E-state index contributed by atoms with van der Waals surface area (Å²) in [6, 6.07) is 4.16. The number of carbonyl (C=O) groups excluding carboxylic acids is 2. The number of hydrogen-bond acceptors (Lipinski definition) is 3. The van der Waals surface area contributed by atoms with Crippen molar-refractivity contribution in [2.45, 2.75) is 37.6 Å². The molecule has 3 rings (SSSR count). The van der Waals surface area contributed by atoms with E-state index in [1.807, 2.05) is 6.92 Å². The summed E-state index contributed by atoms with van der Waals surface area (Å²) in [5.41, 5.74) is 0.958. The number of aryl methyl sites for hydroxylation is 1. The monoisotopic (exact) mass is 308 g/mol. The Morgan fingerprint density at radius 2 is 2.29 bits per heavy atom. The Morgan fingerprint density at radius 1 is 1.52 bits per heavy atom. The number of carbonyl (C=O) groups is 2. The summed E-state index contributed by atoms with van der Waals surface area (Å²) >= 11 is 1.62. The number of nitrogens with one attached hydrogen (secondary N) is 1. The van der Waals surface area contributed by atoms with Crippen LogP contribution in [0.15, 0.2) is 18.2 Å². The zero-order chi connectivity index (χ0) is 15.2. The molecule has 2 atom stereocenters. The van der Waals surface area contributed by atoms with E-state index in [4.69, 9.17) is 0 Å². The maximum absolute atomic E-state index is 13.8. The fourth-order valence-corrected chi connectivity index (χ4v) is 4.38. The van der Waals surface area contributed by atoms with Crippen LogP contribution in [0.2, 0.25) is 0 Å². The van der Waals surface area contributed by atoms with E-state index in [2.05, 4.69) is 5.32 Å². The van der Waals surface area contributed by atoms with E-state index in [-0.39, 0.29) is 22.4 Å². The number of benzene rings is 1. The van der Waals surface area contributed by atoms with Crippen LogP contribution in [0, 0.1) is 12.7 Å². The van der Waals surface area contributed by atoms with Crippen molar-refractivity contribution in [2.24, 2.45) is 0 Å². The molecule has 1 N–H and O–H groups in total. The number of halogens is 1. The van der Waals surface area contributed by atoms with Gasteiger partial charge in [0.2, 0.25) is 11.8 Å². The molecule has 112 valence electrons. The van der Waals surface area contributed by atoms with Crippen molar-refractivity contribution in [3.8, 4) is 0 Å². The third-order valence-corrected chi connectivity index (χ3v) is 5.64. The summed E-state index contributed by atoms with van der Waals surface area (Å²) in [6.45, 7) is 3.78. The molecule has 0 saturated carbocycles. The molecule has 21 heavy (non-hydrogen) atoms. The number of fused-ring (bicyclic) bond motifs is 1. The summed E-state index contributed by atoms with van der Waals surface area (Å²) < 4.78 is 13.8. The standard InChI is InChI=1S/C15H17FN2O2S/c1-9-3-4-11(10(16)7-9)17-14(20)12-8-21-15(2)6-5-13(19)18(12)15/h3-4,7,12H,5-6,8H2,1-2H3,(H,17,20)/t12-,15+/m0/s1. The summed E-state index contributed by atoms with van der Waals surface area (Å²) in [5.74, 6) is -0.206. The Hall–Kier alpha value is -1.56. The summed E-state index contributed by atoms with van der Waals surface area (Å²) in [6.07, 6.45) is 1.24. The Kier molecular flexibility index (Phi) is 3.43. The largest absolute Gasteiger partial charge is 0.322 e. The molecule has 2 amide bonds. The lowest BCUT2D eigenvalue weighted by molar-refractivity contribution is -0.135. The SMILES string of the molecule is Cc1ccc(NC(=O)[C@@H]2CS[C@]3(C)CCC(=O)N23)c(F)c1. The number of amides is 2. The van der Waals surface area contributed by atoms with Gasteiger partial charge in [-0.15, -0.1) is 11.8 Å². The van der Waals surface area contributed by atoms with Crippen LogP contribution < -0.4 is 5.32 Å². The lowest BCUT2D eigenvalue weighted by Crippen LogP contribution is -2.48. The van der Waals surface area contributed by atoms with Crippen molar-refractivity contribution >= 4 is 29.3 Å². The minimum absolute atomic E-state index is 0.00651. The quantitative estimate of drug-likeness (QED) is 0.913. The molecule has 2 aliphatic heterocycles. The maximum atomic E-state index is 13.8. The molecule has 1 aromatic carbocycles. The molecule has 0 unspecified atom stereocenters. The number of rotatable bonds is 2. The van der Waals surface area contributed by atoms with Crippen LogP contribution in [0.4, 0.5) is 10.1 Å². The average molecular weight is 308 g/mol. The number of hydrogen-bond donors (Lipinski definition) is 1. The summed E-state index contributed by atoms with van der Waals surface area (Å²) in [4.78, 5) is 25.8. The van der Waals surface area contributed by atoms with Gasteiger partial charge in [-0.1, -0.05) is 6.07 Å². The van der Waals surface area contributed by atoms with Gasteiger partial charge < -0.3 is 10.2 Å². The molecule has 2 fully saturated rings. The first-order chi connectivity index (χ1) is 9.90.